The number of hydrogen-bond donors (Lipinski definition) is 1. The quantitative estimate of drug-likeness (QED) is 0.771. The zero-order valence-electron chi connectivity index (χ0n) is 11.4. The van der Waals surface area contributed by atoms with Gasteiger partial charge in [-0.25, -0.2) is 4.98 Å². The van der Waals surface area contributed by atoms with Crippen LogP contribution in [0.4, 0.5) is 0 Å². The molecule has 0 fully saturated rings. The minimum absolute atomic E-state index is 0.197. The molecule has 0 aliphatic heterocycles. The lowest BCUT2D eigenvalue weighted by molar-refractivity contribution is -0.137. The Labute approximate surface area is 122 Å². The highest BCUT2D eigenvalue weighted by Crippen LogP contribution is 2.13. The van der Waals surface area contributed by atoms with Gasteiger partial charge in [0.05, 0.1) is 6.61 Å². The van der Waals surface area contributed by atoms with Crippen LogP contribution in [-0.4, -0.2) is 53.7 Å². The standard InChI is InChI=1S/C13H17ClN2O4/c1-3-10-6-9(7-11(14)15-10)13(19)16(4-5-20-2)8-12(17)18/h6-7H,3-5,8H2,1-2H3,(H,17,18). The summed E-state index contributed by atoms with van der Waals surface area (Å²) in [5, 5.41) is 9.08. The predicted octanol–water partition coefficient (Wildman–Crippen LogP) is 1.47. The van der Waals surface area contributed by atoms with Crippen LogP contribution in [0.25, 0.3) is 0 Å². The van der Waals surface area contributed by atoms with Crippen molar-refractivity contribution < 1.29 is 19.4 Å². The van der Waals surface area contributed by atoms with Crippen LogP contribution >= 0.6 is 11.6 Å². The molecule has 7 heteroatoms. The Kier molecular flexibility index (Phi) is 6.41. The molecule has 0 atom stereocenters. The van der Waals surface area contributed by atoms with Gasteiger partial charge in [0.15, 0.2) is 0 Å². The van der Waals surface area contributed by atoms with E-state index in [4.69, 9.17) is 21.4 Å². The summed E-state index contributed by atoms with van der Waals surface area (Å²) in [7, 11) is 1.49. The molecule has 1 rings (SSSR count). The number of carboxylic acid groups (broad SMARTS) is 1. The van der Waals surface area contributed by atoms with E-state index in [1.807, 2.05) is 6.92 Å². The van der Waals surface area contributed by atoms with E-state index in [-0.39, 0.29) is 24.8 Å². The second kappa shape index (κ2) is 7.81. The number of methoxy groups -OCH3 is 1. The van der Waals surface area contributed by atoms with Gasteiger partial charge < -0.3 is 14.7 Å². The Morgan fingerprint density at radius 2 is 2.15 bits per heavy atom. The lowest BCUT2D eigenvalue weighted by Gasteiger charge is -2.20. The Balaban J connectivity index is 2.97. The van der Waals surface area contributed by atoms with Gasteiger partial charge in [-0.2, -0.15) is 0 Å². The van der Waals surface area contributed by atoms with E-state index in [9.17, 15) is 9.59 Å². The number of halogens is 1. The van der Waals surface area contributed by atoms with Gasteiger partial charge in [0, 0.05) is 24.9 Å². The van der Waals surface area contributed by atoms with Gasteiger partial charge >= 0.3 is 5.97 Å². The maximum Gasteiger partial charge on any atom is 0.323 e. The van der Waals surface area contributed by atoms with Crippen LogP contribution in [0, 0.1) is 0 Å². The summed E-state index contributed by atoms with van der Waals surface area (Å²) in [6.07, 6.45) is 0.637. The molecule has 0 saturated carbocycles. The van der Waals surface area contributed by atoms with Gasteiger partial charge in [-0.05, 0) is 18.6 Å². The van der Waals surface area contributed by atoms with Gasteiger partial charge in [-0.1, -0.05) is 18.5 Å². The van der Waals surface area contributed by atoms with Crippen LogP contribution < -0.4 is 0 Å². The molecule has 1 aromatic heterocycles. The van der Waals surface area contributed by atoms with Crippen LogP contribution in [0.2, 0.25) is 5.15 Å². The molecule has 0 aliphatic carbocycles. The summed E-state index contributed by atoms with van der Waals surface area (Å²) < 4.78 is 4.88. The number of pyridine rings is 1. The highest BCUT2D eigenvalue weighted by molar-refractivity contribution is 6.29. The number of ether oxygens (including phenoxy) is 1. The minimum Gasteiger partial charge on any atom is -0.480 e. The van der Waals surface area contributed by atoms with Crippen molar-refractivity contribution in [2.45, 2.75) is 13.3 Å². The molecule has 0 bridgehead atoms. The SMILES string of the molecule is CCc1cc(C(=O)N(CCOC)CC(=O)O)cc(Cl)n1. The first-order valence-electron chi connectivity index (χ1n) is 6.14. The zero-order valence-corrected chi connectivity index (χ0v) is 12.2. The summed E-state index contributed by atoms with van der Waals surface area (Å²) >= 11 is 5.86. The maximum absolute atomic E-state index is 12.3. The number of carbonyl (C=O) groups is 2. The van der Waals surface area contributed by atoms with Crippen LogP contribution in [0.5, 0.6) is 0 Å². The van der Waals surface area contributed by atoms with E-state index in [1.54, 1.807) is 6.07 Å². The van der Waals surface area contributed by atoms with Gasteiger partial charge in [-0.15, -0.1) is 0 Å². The molecule has 6 nitrogen and oxygen atoms in total. The first-order valence-corrected chi connectivity index (χ1v) is 6.52. The maximum atomic E-state index is 12.3. The number of amides is 1. The van der Waals surface area contributed by atoms with E-state index < -0.39 is 11.9 Å². The van der Waals surface area contributed by atoms with Crippen LogP contribution in [0.15, 0.2) is 12.1 Å². The van der Waals surface area contributed by atoms with Crippen LogP contribution in [0.3, 0.4) is 0 Å². The first kappa shape index (κ1) is 16.4. The molecule has 1 aromatic rings. The molecule has 0 unspecified atom stereocenters. The van der Waals surface area contributed by atoms with Gasteiger partial charge in [0.25, 0.3) is 5.91 Å². The summed E-state index contributed by atoms with van der Waals surface area (Å²) in [6, 6.07) is 3.06. The smallest absolute Gasteiger partial charge is 0.323 e. The van der Waals surface area contributed by atoms with E-state index in [0.717, 1.165) is 0 Å². The fraction of sp³-hybridized carbons (Fsp3) is 0.462. The third kappa shape index (κ3) is 4.79. The van der Waals surface area contributed by atoms with Crippen molar-refractivity contribution in [2.75, 3.05) is 26.8 Å². The predicted molar refractivity (Wildman–Crippen MR) is 74.0 cm³/mol. The molecular formula is C13H17ClN2O4. The summed E-state index contributed by atoms with van der Waals surface area (Å²) in [5.74, 6) is -1.48. The molecule has 0 radical (unpaired) electrons. The second-order valence-electron chi connectivity index (χ2n) is 4.14. The Hall–Kier alpha value is -1.66. The van der Waals surface area contributed by atoms with Gasteiger partial charge in [0.2, 0.25) is 0 Å². The van der Waals surface area contributed by atoms with Crippen molar-refractivity contribution in [1.29, 1.82) is 0 Å². The average Bonchev–Trinajstić information content (AvgIpc) is 2.41. The molecule has 1 amide bonds. The summed E-state index contributed by atoms with van der Waals surface area (Å²) in [6.45, 7) is 1.97. The van der Waals surface area contributed by atoms with E-state index in [0.29, 0.717) is 17.7 Å². The summed E-state index contributed by atoms with van der Waals surface area (Å²) in [5.41, 5.74) is 1.02. The average molecular weight is 301 g/mol. The van der Waals surface area contributed by atoms with Crippen molar-refractivity contribution in [1.82, 2.24) is 9.88 Å². The number of aliphatic carboxylic acids is 1. The Morgan fingerprint density at radius 1 is 1.45 bits per heavy atom. The van der Waals surface area contributed by atoms with Crippen molar-refractivity contribution in [3.8, 4) is 0 Å². The normalized spacial score (nSPS) is 10.3. The number of aryl methyl sites for hydroxylation is 1. The highest BCUT2D eigenvalue weighted by atomic mass is 35.5. The number of aromatic nitrogens is 1. The number of carbonyl (C=O) groups excluding carboxylic acids is 1. The van der Waals surface area contributed by atoms with Gasteiger partial charge in [-0.3, -0.25) is 9.59 Å². The van der Waals surface area contributed by atoms with Crippen molar-refractivity contribution in [3.05, 3.63) is 28.5 Å². The topological polar surface area (TPSA) is 79.7 Å². The number of nitrogens with zero attached hydrogens (tertiary/aromatic N) is 2. The molecule has 0 aliphatic rings. The summed E-state index contributed by atoms with van der Waals surface area (Å²) in [4.78, 5) is 28.4. The minimum atomic E-state index is -1.08. The molecule has 20 heavy (non-hydrogen) atoms. The third-order valence-corrected chi connectivity index (χ3v) is 2.83. The van der Waals surface area contributed by atoms with Gasteiger partial charge in [0.1, 0.15) is 11.7 Å². The highest BCUT2D eigenvalue weighted by Gasteiger charge is 2.19. The van der Waals surface area contributed by atoms with Crippen molar-refractivity contribution >= 4 is 23.5 Å². The lowest BCUT2D eigenvalue weighted by atomic mass is 10.2. The first-order chi connectivity index (χ1) is 9.47. The van der Waals surface area contributed by atoms with Crippen molar-refractivity contribution in [2.24, 2.45) is 0 Å². The Morgan fingerprint density at radius 3 is 2.70 bits per heavy atom. The monoisotopic (exact) mass is 300 g/mol. The Bertz CT molecular complexity index is 493. The van der Waals surface area contributed by atoms with Crippen LogP contribution in [0.1, 0.15) is 23.0 Å². The zero-order chi connectivity index (χ0) is 15.1. The number of carboxylic acids is 1. The van der Waals surface area contributed by atoms with Crippen LogP contribution in [-0.2, 0) is 16.0 Å². The molecule has 0 spiro atoms. The molecule has 1 heterocycles. The molecule has 0 saturated heterocycles. The molecule has 1 N–H and O–H groups in total. The van der Waals surface area contributed by atoms with E-state index in [2.05, 4.69) is 4.98 Å². The van der Waals surface area contributed by atoms with E-state index in [1.165, 1.54) is 18.1 Å². The fourth-order valence-corrected chi connectivity index (χ4v) is 1.88. The number of hydrogen-bond acceptors (Lipinski definition) is 4. The van der Waals surface area contributed by atoms with Crippen molar-refractivity contribution in [3.63, 3.8) is 0 Å². The third-order valence-electron chi connectivity index (χ3n) is 2.63. The second-order valence-corrected chi connectivity index (χ2v) is 4.52. The van der Waals surface area contributed by atoms with E-state index >= 15 is 0 Å². The molecular weight excluding hydrogens is 284 g/mol. The fourth-order valence-electron chi connectivity index (χ4n) is 1.66. The molecule has 110 valence electrons. The lowest BCUT2D eigenvalue weighted by Crippen LogP contribution is -2.38. The largest absolute Gasteiger partial charge is 0.480 e. The molecule has 0 aromatic carbocycles. The number of rotatable bonds is 7.